The van der Waals surface area contributed by atoms with Crippen molar-refractivity contribution in [2.45, 2.75) is 46.5 Å². The molecule has 2 aromatic carbocycles. The Kier molecular flexibility index (Phi) is 10.3. The number of halogens is 2. The lowest BCUT2D eigenvalue weighted by Gasteiger charge is -2.33. The fraction of sp³-hybridized carbons (Fsp3) is 0.300. The fourth-order valence-corrected chi connectivity index (χ4v) is 5.59. The fourth-order valence-electron chi connectivity index (χ4n) is 4.17. The van der Waals surface area contributed by atoms with Crippen molar-refractivity contribution in [1.29, 1.82) is 0 Å². The van der Waals surface area contributed by atoms with Gasteiger partial charge in [-0.2, -0.15) is 5.10 Å². The number of furan rings is 1. The SMILES string of the molecule is CC(C)(C)CC(C)(C)c1cc(Br)c(OCC(=O)NN=Cc2ccc(OC(=O)C=Cc3ccco3)cc2)c(Br)c1. The van der Waals surface area contributed by atoms with Crippen LogP contribution in [0.1, 0.15) is 57.9 Å². The number of rotatable bonds is 10. The summed E-state index contributed by atoms with van der Waals surface area (Å²) in [5.74, 6) is 0.550. The van der Waals surface area contributed by atoms with Gasteiger partial charge in [-0.1, -0.05) is 34.6 Å². The molecule has 0 saturated heterocycles. The van der Waals surface area contributed by atoms with E-state index in [2.05, 4.69) is 77.0 Å². The second kappa shape index (κ2) is 13.3. The minimum atomic E-state index is -0.526. The zero-order chi connectivity index (χ0) is 28.6. The van der Waals surface area contributed by atoms with E-state index in [0.29, 0.717) is 22.8 Å². The predicted molar refractivity (Wildman–Crippen MR) is 160 cm³/mol. The van der Waals surface area contributed by atoms with Crippen LogP contribution < -0.4 is 14.9 Å². The summed E-state index contributed by atoms with van der Waals surface area (Å²) in [6.45, 7) is 10.9. The van der Waals surface area contributed by atoms with Gasteiger partial charge in [0.1, 0.15) is 17.3 Å². The van der Waals surface area contributed by atoms with Crippen LogP contribution in [0.25, 0.3) is 6.08 Å². The largest absolute Gasteiger partial charge is 0.481 e. The molecule has 0 aliphatic carbocycles. The zero-order valence-electron chi connectivity index (χ0n) is 22.6. The number of esters is 1. The molecule has 39 heavy (non-hydrogen) atoms. The van der Waals surface area contributed by atoms with Gasteiger partial charge in [0.25, 0.3) is 5.91 Å². The van der Waals surface area contributed by atoms with Crippen LogP contribution in [0.2, 0.25) is 0 Å². The molecule has 0 radical (unpaired) electrons. The van der Waals surface area contributed by atoms with E-state index < -0.39 is 11.9 Å². The Morgan fingerprint density at radius 3 is 2.28 bits per heavy atom. The Labute approximate surface area is 245 Å². The van der Waals surface area contributed by atoms with Crippen LogP contribution in [-0.4, -0.2) is 24.7 Å². The van der Waals surface area contributed by atoms with Gasteiger partial charge in [-0.15, -0.1) is 0 Å². The summed E-state index contributed by atoms with van der Waals surface area (Å²) in [6, 6.07) is 14.2. The van der Waals surface area contributed by atoms with Crippen molar-refractivity contribution < 1.29 is 23.5 Å². The lowest BCUT2D eigenvalue weighted by atomic mass is 9.72. The summed E-state index contributed by atoms with van der Waals surface area (Å²) in [5, 5.41) is 3.97. The first-order valence-electron chi connectivity index (χ1n) is 12.3. The van der Waals surface area contributed by atoms with Crippen molar-refractivity contribution in [3.8, 4) is 11.5 Å². The van der Waals surface area contributed by atoms with E-state index in [-0.39, 0.29) is 17.4 Å². The number of carbonyl (C=O) groups excluding carboxylic acids is 2. The van der Waals surface area contributed by atoms with Gasteiger partial charge in [-0.05, 0) is 115 Å². The first-order chi connectivity index (χ1) is 18.3. The lowest BCUT2D eigenvalue weighted by Crippen LogP contribution is -2.26. The van der Waals surface area contributed by atoms with E-state index in [1.54, 1.807) is 36.4 Å². The third kappa shape index (κ3) is 9.82. The molecule has 0 fully saturated rings. The third-order valence-electron chi connectivity index (χ3n) is 5.53. The monoisotopic (exact) mass is 658 g/mol. The van der Waals surface area contributed by atoms with Crippen molar-refractivity contribution in [3.05, 3.63) is 86.7 Å². The van der Waals surface area contributed by atoms with Crippen molar-refractivity contribution in [2.24, 2.45) is 10.5 Å². The number of hydrogen-bond donors (Lipinski definition) is 1. The second-order valence-electron chi connectivity index (χ2n) is 10.8. The summed E-state index contributed by atoms with van der Waals surface area (Å²) in [6.07, 6.45) is 6.82. The molecule has 0 spiro atoms. The lowest BCUT2D eigenvalue weighted by molar-refractivity contribution is -0.129. The number of ether oxygens (including phenoxy) is 2. The molecule has 3 rings (SSSR count). The van der Waals surface area contributed by atoms with E-state index >= 15 is 0 Å². The van der Waals surface area contributed by atoms with Crippen LogP contribution >= 0.6 is 31.9 Å². The van der Waals surface area contributed by atoms with Gasteiger partial charge in [-0.3, -0.25) is 4.79 Å². The molecule has 0 saturated carbocycles. The van der Waals surface area contributed by atoms with Gasteiger partial charge in [0.05, 0.1) is 21.4 Å². The Morgan fingerprint density at radius 2 is 1.69 bits per heavy atom. The van der Waals surface area contributed by atoms with E-state index in [1.807, 2.05) is 12.1 Å². The molecule has 3 aromatic rings. The van der Waals surface area contributed by atoms with Crippen LogP contribution in [0.3, 0.4) is 0 Å². The number of nitrogens with zero attached hydrogens (tertiary/aromatic N) is 1. The highest BCUT2D eigenvalue weighted by Gasteiger charge is 2.28. The number of hydrogen-bond acceptors (Lipinski definition) is 6. The van der Waals surface area contributed by atoms with Gasteiger partial charge in [-0.25, -0.2) is 10.2 Å². The number of benzene rings is 2. The van der Waals surface area contributed by atoms with Crippen LogP contribution in [0.4, 0.5) is 0 Å². The molecule has 1 N–H and O–H groups in total. The molecule has 0 aliphatic heterocycles. The smallest absolute Gasteiger partial charge is 0.336 e. The Hall–Kier alpha value is -3.17. The Balaban J connectivity index is 1.49. The first kappa shape index (κ1) is 30.4. The van der Waals surface area contributed by atoms with Crippen molar-refractivity contribution in [1.82, 2.24) is 5.43 Å². The summed E-state index contributed by atoms with van der Waals surface area (Å²) in [7, 11) is 0. The maximum Gasteiger partial charge on any atom is 0.336 e. The minimum absolute atomic E-state index is 0.0365. The molecule has 206 valence electrons. The van der Waals surface area contributed by atoms with Crippen LogP contribution in [0.5, 0.6) is 11.5 Å². The number of carbonyl (C=O) groups is 2. The van der Waals surface area contributed by atoms with Gasteiger partial charge >= 0.3 is 5.97 Å². The molecular formula is C30H32Br2N2O5. The van der Waals surface area contributed by atoms with Gasteiger partial charge in [0.2, 0.25) is 0 Å². The number of amides is 1. The predicted octanol–water partition coefficient (Wildman–Crippen LogP) is 7.67. The maximum absolute atomic E-state index is 12.3. The molecule has 0 aliphatic rings. The van der Waals surface area contributed by atoms with Crippen molar-refractivity contribution in [3.63, 3.8) is 0 Å². The summed E-state index contributed by atoms with van der Waals surface area (Å²) >= 11 is 7.17. The number of hydrazone groups is 1. The Morgan fingerprint density at radius 1 is 1.03 bits per heavy atom. The zero-order valence-corrected chi connectivity index (χ0v) is 25.8. The highest BCUT2D eigenvalue weighted by atomic mass is 79.9. The van der Waals surface area contributed by atoms with Crippen molar-refractivity contribution in [2.75, 3.05) is 6.61 Å². The van der Waals surface area contributed by atoms with E-state index in [4.69, 9.17) is 13.9 Å². The summed E-state index contributed by atoms with van der Waals surface area (Å²) in [5.41, 5.74) is 4.48. The topological polar surface area (TPSA) is 90.1 Å². The molecule has 0 unspecified atom stereocenters. The van der Waals surface area contributed by atoms with E-state index in [9.17, 15) is 9.59 Å². The molecule has 0 bridgehead atoms. The Bertz CT molecular complexity index is 1320. The highest BCUT2D eigenvalue weighted by Crippen LogP contribution is 2.42. The minimum Gasteiger partial charge on any atom is -0.481 e. The summed E-state index contributed by atoms with van der Waals surface area (Å²) < 4.78 is 17.7. The highest BCUT2D eigenvalue weighted by molar-refractivity contribution is 9.11. The summed E-state index contributed by atoms with van der Waals surface area (Å²) in [4.78, 5) is 24.2. The molecule has 1 heterocycles. The molecule has 7 nitrogen and oxygen atoms in total. The van der Waals surface area contributed by atoms with Gasteiger partial charge in [0, 0.05) is 6.08 Å². The molecule has 1 amide bonds. The average Bonchev–Trinajstić information content (AvgIpc) is 3.35. The normalized spacial score (nSPS) is 12.2. The van der Waals surface area contributed by atoms with Gasteiger partial charge < -0.3 is 13.9 Å². The van der Waals surface area contributed by atoms with Crippen LogP contribution in [0.15, 0.2) is 79.3 Å². The average molecular weight is 660 g/mol. The third-order valence-corrected chi connectivity index (χ3v) is 6.71. The standard InChI is InChI=1S/C30H32Br2N2O5/c1-29(2,3)19-30(4,5)21-15-24(31)28(25(32)16-21)38-18-26(35)34-33-17-20-8-10-23(11-9-20)39-27(36)13-12-22-7-6-14-37-22/h6-17H,18-19H2,1-5H3,(H,34,35). The van der Waals surface area contributed by atoms with Gasteiger partial charge in [0.15, 0.2) is 6.61 Å². The molecule has 1 aromatic heterocycles. The van der Waals surface area contributed by atoms with Crippen molar-refractivity contribution >= 4 is 56.0 Å². The first-order valence-corrected chi connectivity index (χ1v) is 13.9. The molecular weight excluding hydrogens is 628 g/mol. The molecule has 0 atom stereocenters. The van der Waals surface area contributed by atoms with Crippen LogP contribution in [-0.2, 0) is 15.0 Å². The van der Waals surface area contributed by atoms with E-state index in [1.165, 1.54) is 30.2 Å². The maximum atomic E-state index is 12.3. The van der Waals surface area contributed by atoms with Crippen LogP contribution in [0, 0.1) is 5.41 Å². The second-order valence-corrected chi connectivity index (χ2v) is 12.5. The van der Waals surface area contributed by atoms with E-state index in [0.717, 1.165) is 15.4 Å². The molecule has 9 heteroatoms. The quantitative estimate of drug-likeness (QED) is 0.0793. The number of nitrogens with one attached hydrogen (secondary N) is 1.